The Labute approximate surface area is 105 Å². The van der Waals surface area contributed by atoms with Gasteiger partial charge in [-0.25, -0.2) is 0 Å². The van der Waals surface area contributed by atoms with Crippen LogP contribution in [0.4, 0.5) is 0 Å². The average molecular weight is 229 g/mol. The zero-order valence-corrected chi connectivity index (χ0v) is 10.6. The van der Waals surface area contributed by atoms with Gasteiger partial charge < -0.3 is 5.32 Å². The van der Waals surface area contributed by atoms with E-state index < -0.39 is 0 Å². The zero-order chi connectivity index (χ0) is 11.5. The molecule has 1 unspecified atom stereocenters. The zero-order valence-electron chi connectivity index (χ0n) is 10.6. The first kappa shape index (κ1) is 11.3. The van der Waals surface area contributed by atoms with E-state index >= 15 is 0 Å². The third kappa shape index (κ3) is 2.71. The highest BCUT2D eigenvalue weighted by atomic mass is 14.9. The van der Waals surface area contributed by atoms with Crippen LogP contribution in [0.1, 0.15) is 49.1 Å². The molecule has 0 bridgehead atoms. The van der Waals surface area contributed by atoms with E-state index in [1.165, 1.54) is 51.6 Å². The van der Waals surface area contributed by atoms with Crippen LogP contribution < -0.4 is 5.32 Å². The van der Waals surface area contributed by atoms with Gasteiger partial charge in [0.25, 0.3) is 0 Å². The summed E-state index contributed by atoms with van der Waals surface area (Å²) >= 11 is 0. The van der Waals surface area contributed by atoms with E-state index in [4.69, 9.17) is 0 Å². The lowest BCUT2D eigenvalue weighted by Gasteiger charge is -2.27. The van der Waals surface area contributed by atoms with Gasteiger partial charge in [-0.15, -0.1) is 0 Å². The number of hydrogen-bond donors (Lipinski definition) is 1. The summed E-state index contributed by atoms with van der Waals surface area (Å²) in [6.45, 7) is 2.44. The Morgan fingerprint density at radius 2 is 2.06 bits per heavy atom. The van der Waals surface area contributed by atoms with Crippen LogP contribution in [0.15, 0.2) is 24.3 Å². The van der Waals surface area contributed by atoms with Crippen molar-refractivity contribution >= 4 is 0 Å². The molecule has 1 aliphatic carbocycles. The minimum atomic E-state index is 0.861. The third-order valence-corrected chi connectivity index (χ3v) is 4.45. The van der Waals surface area contributed by atoms with Crippen molar-refractivity contribution in [3.63, 3.8) is 0 Å². The van der Waals surface area contributed by atoms with Crippen molar-refractivity contribution in [1.82, 2.24) is 5.32 Å². The van der Waals surface area contributed by atoms with E-state index in [1.54, 1.807) is 11.1 Å². The van der Waals surface area contributed by atoms with Crippen molar-refractivity contribution in [1.29, 1.82) is 0 Å². The minimum absolute atomic E-state index is 0.861. The molecule has 1 atom stereocenters. The molecule has 1 aromatic rings. The Balaban J connectivity index is 1.65. The molecule has 1 aromatic carbocycles. The van der Waals surface area contributed by atoms with E-state index in [2.05, 4.69) is 29.6 Å². The fourth-order valence-electron chi connectivity index (χ4n) is 3.15. The van der Waals surface area contributed by atoms with Crippen LogP contribution in [0, 0.1) is 5.92 Å². The molecule has 1 saturated heterocycles. The molecule has 0 spiro atoms. The predicted octanol–water partition coefficient (Wildman–Crippen LogP) is 3.50. The normalized spacial score (nSPS) is 25.5. The number of piperidine rings is 1. The fourth-order valence-corrected chi connectivity index (χ4v) is 3.15. The van der Waals surface area contributed by atoms with Gasteiger partial charge >= 0.3 is 0 Å². The highest BCUT2D eigenvalue weighted by molar-refractivity contribution is 5.28. The molecule has 92 valence electrons. The van der Waals surface area contributed by atoms with Gasteiger partial charge in [0.15, 0.2) is 0 Å². The summed E-state index contributed by atoms with van der Waals surface area (Å²) in [7, 11) is 0. The maximum absolute atomic E-state index is 3.51. The Hall–Kier alpha value is -0.820. The minimum Gasteiger partial charge on any atom is -0.316 e. The van der Waals surface area contributed by atoms with Crippen molar-refractivity contribution in [3.05, 3.63) is 35.4 Å². The first-order chi connectivity index (χ1) is 8.42. The topological polar surface area (TPSA) is 12.0 Å². The standard InChI is InChI=1S/C16H23N/c1-4-13(10-14-5-3-9-17-12-14)11-16(8-1)15-6-2-7-15/h1,4,8,11,14-15,17H,2-3,5-7,9-10,12H2. The summed E-state index contributed by atoms with van der Waals surface area (Å²) in [5, 5.41) is 3.51. The second-order valence-electron chi connectivity index (χ2n) is 5.79. The summed E-state index contributed by atoms with van der Waals surface area (Å²) in [6, 6.07) is 9.38. The second kappa shape index (κ2) is 5.22. The molecule has 2 aliphatic rings. The summed E-state index contributed by atoms with van der Waals surface area (Å²) in [5.74, 6) is 1.74. The molecule has 0 radical (unpaired) electrons. The smallest absolute Gasteiger partial charge is 0.00173 e. The number of hydrogen-bond acceptors (Lipinski definition) is 1. The highest BCUT2D eigenvalue weighted by Gasteiger charge is 2.20. The molecule has 1 nitrogen and oxygen atoms in total. The molecule has 1 heterocycles. The molecular formula is C16H23N. The van der Waals surface area contributed by atoms with E-state index in [0.29, 0.717) is 0 Å². The molecule has 17 heavy (non-hydrogen) atoms. The Morgan fingerprint density at radius 1 is 1.12 bits per heavy atom. The molecule has 1 heteroatoms. The van der Waals surface area contributed by atoms with Crippen LogP contribution in [0.3, 0.4) is 0 Å². The van der Waals surface area contributed by atoms with Crippen molar-refractivity contribution in [2.75, 3.05) is 13.1 Å². The summed E-state index contributed by atoms with van der Waals surface area (Å²) in [6.07, 6.45) is 8.28. The van der Waals surface area contributed by atoms with Crippen LogP contribution in [-0.2, 0) is 6.42 Å². The van der Waals surface area contributed by atoms with Crippen LogP contribution in [0.2, 0.25) is 0 Å². The van der Waals surface area contributed by atoms with Gasteiger partial charge in [-0.05, 0) is 68.2 Å². The first-order valence-corrected chi connectivity index (χ1v) is 7.21. The first-order valence-electron chi connectivity index (χ1n) is 7.21. The maximum Gasteiger partial charge on any atom is -0.00173 e. The SMILES string of the molecule is c1cc(CC2CCCNC2)cc(C2CCC2)c1. The molecule has 2 fully saturated rings. The van der Waals surface area contributed by atoms with Crippen molar-refractivity contribution < 1.29 is 0 Å². The third-order valence-electron chi connectivity index (χ3n) is 4.45. The van der Waals surface area contributed by atoms with E-state index in [9.17, 15) is 0 Å². The van der Waals surface area contributed by atoms with Gasteiger partial charge in [-0.1, -0.05) is 30.7 Å². The lowest BCUT2D eigenvalue weighted by molar-refractivity contribution is 0.375. The van der Waals surface area contributed by atoms with Gasteiger partial charge in [-0.2, -0.15) is 0 Å². The van der Waals surface area contributed by atoms with Gasteiger partial charge in [0.05, 0.1) is 0 Å². The molecule has 0 aromatic heterocycles. The molecule has 1 N–H and O–H groups in total. The van der Waals surface area contributed by atoms with Crippen LogP contribution in [-0.4, -0.2) is 13.1 Å². The molecule has 1 saturated carbocycles. The molecule has 1 aliphatic heterocycles. The van der Waals surface area contributed by atoms with Crippen LogP contribution in [0.5, 0.6) is 0 Å². The highest BCUT2D eigenvalue weighted by Crippen LogP contribution is 2.36. The molecule has 3 rings (SSSR count). The van der Waals surface area contributed by atoms with E-state index in [1.807, 2.05) is 0 Å². The molecule has 0 amide bonds. The summed E-state index contributed by atoms with van der Waals surface area (Å²) < 4.78 is 0. The lowest BCUT2D eigenvalue weighted by atomic mass is 9.79. The van der Waals surface area contributed by atoms with Crippen LogP contribution >= 0.6 is 0 Å². The number of nitrogens with one attached hydrogen (secondary N) is 1. The number of rotatable bonds is 3. The van der Waals surface area contributed by atoms with Gasteiger partial charge in [0, 0.05) is 0 Å². The van der Waals surface area contributed by atoms with Crippen molar-refractivity contribution in [2.45, 2.75) is 44.4 Å². The van der Waals surface area contributed by atoms with Crippen LogP contribution in [0.25, 0.3) is 0 Å². The quantitative estimate of drug-likeness (QED) is 0.836. The monoisotopic (exact) mass is 229 g/mol. The Bertz CT molecular complexity index is 362. The van der Waals surface area contributed by atoms with Crippen molar-refractivity contribution in [2.24, 2.45) is 5.92 Å². The van der Waals surface area contributed by atoms with Gasteiger partial charge in [0.2, 0.25) is 0 Å². The lowest BCUT2D eigenvalue weighted by Crippen LogP contribution is -2.30. The predicted molar refractivity (Wildman–Crippen MR) is 72.3 cm³/mol. The van der Waals surface area contributed by atoms with Gasteiger partial charge in [-0.3, -0.25) is 0 Å². The second-order valence-corrected chi connectivity index (χ2v) is 5.79. The Kier molecular flexibility index (Phi) is 3.46. The van der Waals surface area contributed by atoms with E-state index in [-0.39, 0.29) is 0 Å². The van der Waals surface area contributed by atoms with Crippen molar-refractivity contribution in [3.8, 4) is 0 Å². The van der Waals surface area contributed by atoms with E-state index in [0.717, 1.165) is 11.8 Å². The van der Waals surface area contributed by atoms with Gasteiger partial charge in [0.1, 0.15) is 0 Å². The largest absolute Gasteiger partial charge is 0.316 e. The molecular weight excluding hydrogens is 206 g/mol. The number of benzene rings is 1. The summed E-state index contributed by atoms with van der Waals surface area (Å²) in [4.78, 5) is 0. The fraction of sp³-hybridized carbons (Fsp3) is 0.625. The maximum atomic E-state index is 3.51. The summed E-state index contributed by atoms with van der Waals surface area (Å²) in [5.41, 5.74) is 3.15. The average Bonchev–Trinajstić information content (AvgIpc) is 2.28. The Morgan fingerprint density at radius 3 is 2.76 bits per heavy atom.